The first-order valence-electron chi connectivity index (χ1n) is 7.73. The van der Waals surface area contributed by atoms with Gasteiger partial charge in [-0.3, -0.25) is 0 Å². The van der Waals surface area contributed by atoms with Crippen LogP contribution in [0.4, 0.5) is 17.8 Å². The van der Waals surface area contributed by atoms with E-state index in [1.807, 2.05) is 19.0 Å². The smallest absolute Gasteiger partial charge is 0.232 e. The Labute approximate surface area is 125 Å². The molecular formula is C14H24N6O. The summed E-state index contributed by atoms with van der Waals surface area (Å²) < 4.78 is 5.88. The number of fused-ring (bicyclic) bond motifs is 2. The highest BCUT2D eigenvalue weighted by Gasteiger charge is 2.35. The molecule has 7 heteroatoms. The number of hydrogen-bond donors (Lipinski definition) is 1. The van der Waals surface area contributed by atoms with Gasteiger partial charge < -0.3 is 19.9 Å². The molecule has 0 spiro atoms. The normalized spacial score (nSPS) is 24.2. The highest BCUT2D eigenvalue weighted by atomic mass is 16.5. The van der Waals surface area contributed by atoms with E-state index in [1.54, 1.807) is 0 Å². The van der Waals surface area contributed by atoms with Gasteiger partial charge in [0.15, 0.2) is 0 Å². The maximum absolute atomic E-state index is 5.88. The van der Waals surface area contributed by atoms with Crippen molar-refractivity contribution in [1.29, 1.82) is 0 Å². The molecule has 116 valence electrons. The third kappa shape index (κ3) is 3.18. The van der Waals surface area contributed by atoms with Crippen LogP contribution in [0.25, 0.3) is 0 Å². The lowest BCUT2D eigenvalue weighted by Gasteiger charge is -2.32. The van der Waals surface area contributed by atoms with Gasteiger partial charge in [-0.25, -0.2) is 0 Å². The molecule has 0 radical (unpaired) electrons. The predicted octanol–water partition coefficient (Wildman–Crippen LogP) is 1.13. The van der Waals surface area contributed by atoms with Crippen LogP contribution < -0.4 is 15.1 Å². The zero-order valence-electron chi connectivity index (χ0n) is 13.0. The largest absolute Gasteiger partial charge is 0.371 e. The molecule has 2 saturated heterocycles. The van der Waals surface area contributed by atoms with Crippen LogP contribution >= 0.6 is 0 Å². The molecule has 2 unspecified atom stereocenters. The molecule has 2 atom stereocenters. The quantitative estimate of drug-likeness (QED) is 0.872. The summed E-state index contributed by atoms with van der Waals surface area (Å²) in [6.07, 6.45) is 3.99. The first-order valence-corrected chi connectivity index (χ1v) is 7.73. The Kier molecular flexibility index (Phi) is 4.10. The molecule has 2 aliphatic heterocycles. The highest BCUT2D eigenvalue weighted by Crippen LogP contribution is 2.28. The molecule has 0 saturated carbocycles. The van der Waals surface area contributed by atoms with Crippen LogP contribution in [0.2, 0.25) is 0 Å². The van der Waals surface area contributed by atoms with Crippen molar-refractivity contribution >= 4 is 17.8 Å². The van der Waals surface area contributed by atoms with E-state index in [2.05, 4.69) is 32.1 Å². The van der Waals surface area contributed by atoms with Crippen molar-refractivity contribution < 1.29 is 4.74 Å². The molecule has 0 aromatic carbocycles. The summed E-state index contributed by atoms with van der Waals surface area (Å²) in [7, 11) is 3.90. The summed E-state index contributed by atoms with van der Waals surface area (Å²) in [6, 6.07) is 0. The minimum absolute atomic E-state index is 0.329. The molecule has 7 nitrogen and oxygen atoms in total. The fourth-order valence-corrected chi connectivity index (χ4v) is 2.79. The van der Waals surface area contributed by atoms with E-state index in [-0.39, 0.29) is 0 Å². The Morgan fingerprint density at radius 2 is 1.90 bits per heavy atom. The van der Waals surface area contributed by atoms with Crippen molar-refractivity contribution in [2.24, 2.45) is 0 Å². The van der Waals surface area contributed by atoms with Crippen LogP contribution in [0.1, 0.15) is 26.2 Å². The lowest BCUT2D eigenvalue weighted by atomic mass is 10.2. The van der Waals surface area contributed by atoms with E-state index in [9.17, 15) is 0 Å². The van der Waals surface area contributed by atoms with E-state index in [0.29, 0.717) is 24.1 Å². The summed E-state index contributed by atoms with van der Waals surface area (Å²) in [5.74, 6) is 2.11. The van der Waals surface area contributed by atoms with Crippen LogP contribution in [0.15, 0.2) is 0 Å². The molecule has 2 aliphatic rings. The maximum atomic E-state index is 5.88. The molecule has 0 aliphatic carbocycles. The molecular weight excluding hydrogens is 268 g/mol. The van der Waals surface area contributed by atoms with Crippen LogP contribution in [-0.2, 0) is 4.74 Å². The van der Waals surface area contributed by atoms with Crippen molar-refractivity contribution in [2.45, 2.75) is 38.4 Å². The van der Waals surface area contributed by atoms with Crippen molar-refractivity contribution in [2.75, 3.05) is 48.8 Å². The Balaban J connectivity index is 1.84. The SMILES string of the molecule is CCCNc1nc(N(C)C)nc(N2CC3CCC(C2)O3)n1. The van der Waals surface area contributed by atoms with E-state index in [1.165, 1.54) is 0 Å². The summed E-state index contributed by atoms with van der Waals surface area (Å²) >= 11 is 0. The van der Waals surface area contributed by atoms with Gasteiger partial charge in [-0.15, -0.1) is 0 Å². The fourth-order valence-electron chi connectivity index (χ4n) is 2.79. The number of anilines is 3. The summed E-state index contributed by atoms with van der Waals surface area (Å²) in [5, 5.41) is 3.26. The van der Waals surface area contributed by atoms with Crippen LogP contribution in [0, 0.1) is 0 Å². The number of morpholine rings is 1. The predicted molar refractivity (Wildman–Crippen MR) is 83.0 cm³/mol. The van der Waals surface area contributed by atoms with Gasteiger partial charge in [0.1, 0.15) is 0 Å². The number of nitrogens with one attached hydrogen (secondary N) is 1. The molecule has 1 aromatic rings. The lowest BCUT2D eigenvalue weighted by Crippen LogP contribution is -2.43. The van der Waals surface area contributed by atoms with Gasteiger partial charge in [-0.2, -0.15) is 15.0 Å². The third-order valence-corrected chi connectivity index (χ3v) is 3.87. The number of hydrogen-bond acceptors (Lipinski definition) is 7. The fraction of sp³-hybridized carbons (Fsp3) is 0.786. The summed E-state index contributed by atoms with van der Waals surface area (Å²) in [5.41, 5.74) is 0. The Bertz CT molecular complexity index is 482. The molecule has 3 rings (SSSR count). The van der Waals surface area contributed by atoms with Gasteiger partial charge >= 0.3 is 0 Å². The summed E-state index contributed by atoms with van der Waals surface area (Å²) in [6.45, 7) is 4.74. The van der Waals surface area contributed by atoms with E-state index >= 15 is 0 Å². The van der Waals surface area contributed by atoms with Gasteiger partial charge in [-0.1, -0.05) is 6.92 Å². The van der Waals surface area contributed by atoms with Gasteiger partial charge in [0, 0.05) is 33.7 Å². The molecule has 1 N–H and O–H groups in total. The molecule has 0 amide bonds. The van der Waals surface area contributed by atoms with Gasteiger partial charge in [-0.05, 0) is 19.3 Å². The topological polar surface area (TPSA) is 66.4 Å². The third-order valence-electron chi connectivity index (χ3n) is 3.87. The van der Waals surface area contributed by atoms with Crippen molar-refractivity contribution in [3.8, 4) is 0 Å². The molecule has 1 aromatic heterocycles. The van der Waals surface area contributed by atoms with Gasteiger partial charge in [0.2, 0.25) is 17.8 Å². The van der Waals surface area contributed by atoms with Crippen molar-refractivity contribution in [3.05, 3.63) is 0 Å². The van der Waals surface area contributed by atoms with Crippen LogP contribution in [0.3, 0.4) is 0 Å². The van der Waals surface area contributed by atoms with Crippen LogP contribution in [-0.4, -0.2) is 60.9 Å². The second-order valence-corrected chi connectivity index (χ2v) is 5.94. The molecule has 2 fully saturated rings. The standard InChI is InChI=1S/C14H24N6O/c1-4-7-15-12-16-13(19(2)3)18-14(17-12)20-8-10-5-6-11(9-20)21-10/h10-11H,4-9H2,1-3H3,(H,15,16,17,18). The second-order valence-electron chi connectivity index (χ2n) is 5.94. The van der Waals surface area contributed by atoms with E-state index < -0.39 is 0 Å². The van der Waals surface area contributed by atoms with Crippen molar-refractivity contribution in [3.63, 3.8) is 0 Å². The number of nitrogens with zero attached hydrogens (tertiary/aromatic N) is 5. The van der Waals surface area contributed by atoms with Gasteiger partial charge in [0.25, 0.3) is 0 Å². The van der Waals surface area contributed by atoms with E-state index in [0.717, 1.165) is 44.8 Å². The average Bonchev–Trinajstić information content (AvgIpc) is 2.83. The number of ether oxygens (including phenoxy) is 1. The Hall–Kier alpha value is -1.63. The molecule has 2 bridgehead atoms. The maximum Gasteiger partial charge on any atom is 0.232 e. The summed E-state index contributed by atoms with van der Waals surface area (Å²) in [4.78, 5) is 17.8. The zero-order chi connectivity index (χ0) is 14.8. The van der Waals surface area contributed by atoms with Crippen molar-refractivity contribution in [1.82, 2.24) is 15.0 Å². The second kappa shape index (κ2) is 6.01. The zero-order valence-corrected chi connectivity index (χ0v) is 13.0. The number of aromatic nitrogens is 3. The monoisotopic (exact) mass is 292 g/mol. The molecule has 3 heterocycles. The van der Waals surface area contributed by atoms with E-state index in [4.69, 9.17) is 4.74 Å². The minimum Gasteiger partial charge on any atom is -0.371 e. The Morgan fingerprint density at radius 1 is 1.19 bits per heavy atom. The average molecular weight is 292 g/mol. The number of rotatable bonds is 5. The highest BCUT2D eigenvalue weighted by molar-refractivity contribution is 5.45. The van der Waals surface area contributed by atoms with Gasteiger partial charge in [0.05, 0.1) is 12.2 Å². The first kappa shape index (κ1) is 14.3. The first-order chi connectivity index (χ1) is 10.2. The minimum atomic E-state index is 0.329. The Morgan fingerprint density at radius 3 is 2.52 bits per heavy atom. The van der Waals surface area contributed by atoms with Crippen LogP contribution in [0.5, 0.6) is 0 Å². The molecule has 21 heavy (non-hydrogen) atoms. The lowest BCUT2D eigenvalue weighted by molar-refractivity contribution is 0.0299.